The van der Waals surface area contributed by atoms with Crippen LogP contribution in [0.3, 0.4) is 0 Å². The average Bonchev–Trinajstić information content (AvgIpc) is 2.28. The highest BCUT2D eigenvalue weighted by Crippen LogP contribution is 2.22. The number of pyridine rings is 1. The van der Waals surface area contributed by atoms with Gasteiger partial charge in [-0.15, -0.1) is 0 Å². The summed E-state index contributed by atoms with van der Waals surface area (Å²) in [6.07, 6.45) is 1.58. The maximum Gasteiger partial charge on any atom is 0.145 e. The number of nitrogens with one attached hydrogen (secondary N) is 1. The molecule has 2 rings (SSSR count). The topological polar surface area (TPSA) is 50.9 Å². The van der Waals surface area contributed by atoms with Gasteiger partial charge in [0.1, 0.15) is 5.82 Å². The van der Waals surface area contributed by atoms with Crippen molar-refractivity contribution >= 4 is 39.0 Å². The van der Waals surface area contributed by atoms with Crippen LogP contribution in [0.4, 0.5) is 11.5 Å². The Morgan fingerprint density at radius 2 is 2.18 bits per heavy atom. The van der Waals surface area contributed by atoms with E-state index in [4.69, 9.17) is 17.3 Å². The number of benzene rings is 1. The van der Waals surface area contributed by atoms with Crippen LogP contribution in [-0.2, 0) is 6.54 Å². The Bertz CT molecular complexity index is 531. The minimum Gasteiger partial charge on any atom is -0.397 e. The molecule has 17 heavy (non-hydrogen) atoms. The van der Waals surface area contributed by atoms with E-state index in [-0.39, 0.29) is 0 Å². The van der Waals surface area contributed by atoms with Gasteiger partial charge in [-0.2, -0.15) is 0 Å². The molecule has 3 N–H and O–H groups in total. The Morgan fingerprint density at radius 1 is 1.35 bits per heavy atom. The molecule has 0 bridgehead atoms. The first-order chi connectivity index (χ1) is 8.15. The number of anilines is 2. The van der Waals surface area contributed by atoms with E-state index >= 15 is 0 Å². The van der Waals surface area contributed by atoms with Gasteiger partial charge in [-0.3, -0.25) is 0 Å². The van der Waals surface area contributed by atoms with Crippen molar-refractivity contribution in [1.29, 1.82) is 0 Å². The number of nitrogen functional groups attached to an aromatic ring is 1. The molecule has 0 radical (unpaired) electrons. The lowest BCUT2D eigenvalue weighted by atomic mass is 10.2. The fourth-order valence-corrected chi connectivity index (χ4v) is 2.10. The Kier molecular flexibility index (Phi) is 3.86. The molecule has 88 valence electrons. The smallest absolute Gasteiger partial charge is 0.145 e. The van der Waals surface area contributed by atoms with Gasteiger partial charge in [0.2, 0.25) is 0 Å². The molecule has 1 aromatic heterocycles. The molecule has 0 aliphatic carbocycles. The van der Waals surface area contributed by atoms with Crippen molar-refractivity contribution in [1.82, 2.24) is 4.98 Å². The zero-order valence-electron chi connectivity index (χ0n) is 8.95. The Hall–Kier alpha value is -1.26. The number of halogens is 2. The number of aromatic nitrogens is 1. The second-order valence-corrected chi connectivity index (χ2v) is 4.91. The molecule has 0 unspecified atom stereocenters. The zero-order chi connectivity index (χ0) is 12.3. The van der Waals surface area contributed by atoms with Gasteiger partial charge in [-0.05, 0) is 23.8 Å². The predicted molar refractivity (Wildman–Crippen MR) is 75.1 cm³/mol. The van der Waals surface area contributed by atoms with E-state index in [2.05, 4.69) is 26.2 Å². The van der Waals surface area contributed by atoms with Gasteiger partial charge >= 0.3 is 0 Å². The normalized spacial score (nSPS) is 10.2. The summed E-state index contributed by atoms with van der Waals surface area (Å²) < 4.78 is 1.05. The highest BCUT2D eigenvalue weighted by atomic mass is 79.9. The van der Waals surface area contributed by atoms with E-state index in [9.17, 15) is 0 Å². The molecular formula is C12H11BrClN3. The lowest BCUT2D eigenvalue weighted by molar-refractivity contribution is 1.11. The lowest BCUT2D eigenvalue weighted by Crippen LogP contribution is -2.02. The standard InChI is InChI=1S/C12H11BrClN3/c13-9-3-1-2-8(4-9)6-16-12-11(14)5-10(15)7-17-12/h1-5,7H,6,15H2,(H,16,17). The van der Waals surface area contributed by atoms with Gasteiger partial charge in [0, 0.05) is 11.0 Å². The summed E-state index contributed by atoms with van der Waals surface area (Å²) in [5.41, 5.74) is 7.28. The molecule has 1 heterocycles. The summed E-state index contributed by atoms with van der Waals surface area (Å²) in [4.78, 5) is 4.14. The zero-order valence-corrected chi connectivity index (χ0v) is 11.3. The molecule has 0 aliphatic heterocycles. The minimum absolute atomic E-state index is 0.528. The SMILES string of the molecule is Nc1cnc(NCc2cccc(Br)c2)c(Cl)c1. The molecule has 2 aromatic rings. The first-order valence-corrected chi connectivity index (χ1v) is 6.21. The van der Waals surface area contributed by atoms with Gasteiger partial charge in [-0.25, -0.2) is 4.98 Å². The van der Waals surface area contributed by atoms with Crippen LogP contribution in [-0.4, -0.2) is 4.98 Å². The van der Waals surface area contributed by atoms with Crippen LogP contribution >= 0.6 is 27.5 Å². The van der Waals surface area contributed by atoms with Crippen LogP contribution in [0.2, 0.25) is 5.02 Å². The van der Waals surface area contributed by atoms with Crippen molar-refractivity contribution in [3.05, 3.63) is 51.6 Å². The van der Waals surface area contributed by atoms with E-state index in [0.717, 1.165) is 10.0 Å². The summed E-state index contributed by atoms with van der Waals surface area (Å²) in [6, 6.07) is 9.72. The number of hydrogen-bond donors (Lipinski definition) is 2. The van der Waals surface area contributed by atoms with E-state index in [0.29, 0.717) is 23.1 Å². The monoisotopic (exact) mass is 311 g/mol. The largest absolute Gasteiger partial charge is 0.397 e. The maximum absolute atomic E-state index is 6.01. The minimum atomic E-state index is 0.528. The van der Waals surface area contributed by atoms with Crippen LogP contribution < -0.4 is 11.1 Å². The molecule has 0 fully saturated rings. The molecular weight excluding hydrogens is 302 g/mol. The third-order valence-corrected chi connectivity index (χ3v) is 2.99. The van der Waals surface area contributed by atoms with Gasteiger partial charge in [0.05, 0.1) is 16.9 Å². The second-order valence-electron chi connectivity index (χ2n) is 3.58. The lowest BCUT2D eigenvalue weighted by Gasteiger charge is -2.08. The molecule has 0 amide bonds. The maximum atomic E-state index is 6.01. The third-order valence-electron chi connectivity index (χ3n) is 2.21. The molecule has 0 saturated carbocycles. The van der Waals surface area contributed by atoms with Crippen molar-refractivity contribution < 1.29 is 0 Å². The highest BCUT2D eigenvalue weighted by molar-refractivity contribution is 9.10. The predicted octanol–water partition coefficient (Wildman–Crippen LogP) is 3.69. The van der Waals surface area contributed by atoms with E-state index in [1.807, 2.05) is 24.3 Å². The van der Waals surface area contributed by atoms with Gasteiger partial charge < -0.3 is 11.1 Å². The molecule has 0 saturated heterocycles. The van der Waals surface area contributed by atoms with Crippen molar-refractivity contribution in [3.63, 3.8) is 0 Å². The van der Waals surface area contributed by atoms with E-state index in [1.54, 1.807) is 12.3 Å². The third kappa shape index (κ3) is 3.35. The van der Waals surface area contributed by atoms with E-state index < -0.39 is 0 Å². The summed E-state index contributed by atoms with van der Waals surface area (Å²) in [5, 5.41) is 3.69. The number of nitrogens with two attached hydrogens (primary N) is 1. The average molecular weight is 313 g/mol. The Labute approximate surface area is 113 Å². The first-order valence-electron chi connectivity index (χ1n) is 5.04. The molecule has 0 spiro atoms. The molecule has 1 aromatic carbocycles. The van der Waals surface area contributed by atoms with Gasteiger partial charge in [0.25, 0.3) is 0 Å². The van der Waals surface area contributed by atoms with Gasteiger partial charge in [0.15, 0.2) is 0 Å². The number of nitrogens with zero attached hydrogens (tertiary/aromatic N) is 1. The fourth-order valence-electron chi connectivity index (χ4n) is 1.42. The summed E-state index contributed by atoms with van der Waals surface area (Å²) in [7, 11) is 0. The summed E-state index contributed by atoms with van der Waals surface area (Å²) >= 11 is 9.44. The molecule has 3 nitrogen and oxygen atoms in total. The number of hydrogen-bond acceptors (Lipinski definition) is 3. The first kappa shape index (κ1) is 12.2. The number of rotatable bonds is 3. The van der Waals surface area contributed by atoms with E-state index in [1.165, 1.54) is 0 Å². The second kappa shape index (κ2) is 5.38. The van der Waals surface area contributed by atoms with Crippen molar-refractivity contribution in [2.75, 3.05) is 11.1 Å². The Balaban J connectivity index is 2.07. The van der Waals surface area contributed by atoms with Crippen LogP contribution in [0.15, 0.2) is 41.0 Å². The molecule has 0 atom stereocenters. The highest BCUT2D eigenvalue weighted by Gasteiger charge is 2.02. The van der Waals surface area contributed by atoms with Crippen molar-refractivity contribution in [2.24, 2.45) is 0 Å². The quantitative estimate of drug-likeness (QED) is 0.908. The molecule has 5 heteroatoms. The molecule has 0 aliphatic rings. The summed E-state index contributed by atoms with van der Waals surface area (Å²) in [5.74, 6) is 0.640. The summed E-state index contributed by atoms with van der Waals surface area (Å²) in [6.45, 7) is 0.663. The Morgan fingerprint density at radius 3 is 2.88 bits per heavy atom. The fraction of sp³-hybridized carbons (Fsp3) is 0.0833. The van der Waals surface area contributed by atoms with Crippen molar-refractivity contribution in [2.45, 2.75) is 6.54 Å². The van der Waals surface area contributed by atoms with Crippen LogP contribution in [0.5, 0.6) is 0 Å². The van der Waals surface area contributed by atoms with Crippen LogP contribution in [0, 0.1) is 0 Å². The van der Waals surface area contributed by atoms with Gasteiger partial charge in [-0.1, -0.05) is 39.7 Å². The van der Waals surface area contributed by atoms with Crippen molar-refractivity contribution in [3.8, 4) is 0 Å². The van der Waals surface area contributed by atoms with Crippen LogP contribution in [0.25, 0.3) is 0 Å². The van der Waals surface area contributed by atoms with Crippen LogP contribution in [0.1, 0.15) is 5.56 Å².